The topological polar surface area (TPSA) is 95.1 Å². The standard InChI is InChI=1S/C23H34N4O5/c1-15(2)14-26(20(29)31-22(3,4)5)24-13-16-10-11-17-18(12-16)25(9)19(28)27(17)21(30)32-23(6,7)8/h10-13,15H,14H2,1-9H3/b24-13+. The molecule has 0 saturated carbocycles. The molecular weight excluding hydrogens is 412 g/mol. The molecule has 0 unspecified atom stereocenters. The summed E-state index contributed by atoms with van der Waals surface area (Å²) in [6.45, 7) is 15.0. The number of rotatable bonds is 4. The van der Waals surface area contributed by atoms with Crippen LogP contribution in [0.1, 0.15) is 61.0 Å². The molecule has 1 aromatic carbocycles. The molecule has 1 aromatic heterocycles. The molecular formula is C23H34N4O5. The van der Waals surface area contributed by atoms with Gasteiger partial charge in [-0.1, -0.05) is 19.9 Å². The highest BCUT2D eigenvalue weighted by Gasteiger charge is 2.24. The molecule has 176 valence electrons. The summed E-state index contributed by atoms with van der Waals surface area (Å²) in [5.41, 5.74) is -0.242. The molecule has 0 bridgehead atoms. The summed E-state index contributed by atoms with van der Waals surface area (Å²) in [5.74, 6) is 0.186. The third-order valence-electron chi connectivity index (χ3n) is 4.14. The van der Waals surface area contributed by atoms with Crippen LogP contribution in [0, 0.1) is 5.92 Å². The Bertz CT molecular complexity index is 1080. The van der Waals surface area contributed by atoms with Crippen LogP contribution in [-0.2, 0) is 16.5 Å². The van der Waals surface area contributed by atoms with Gasteiger partial charge in [0.1, 0.15) is 11.2 Å². The van der Waals surface area contributed by atoms with Crippen molar-refractivity contribution in [2.75, 3.05) is 6.54 Å². The normalized spacial score (nSPS) is 12.6. The third kappa shape index (κ3) is 6.45. The van der Waals surface area contributed by atoms with Gasteiger partial charge in [0.15, 0.2) is 0 Å². The molecule has 0 spiro atoms. The van der Waals surface area contributed by atoms with E-state index in [-0.39, 0.29) is 5.92 Å². The van der Waals surface area contributed by atoms with Gasteiger partial charge in [-0.15, -0.1) is 0 Å². The number of aromatic nitrogens is 2. The van der Waals surface area contributed by atoms with Crippen molar-refractivity contribution >= 4 is 29.4 Å². The fourth-order valence-corrected chi connectivity index (χ4v) is 2.88. The molecule has 2 aromatic rings. The highest BCUT2D eigenvalue weighted by molar-refractivity contribution is 5.92. The van der Waals surface area contributed by atoms with Crippen LogP contribution in [0.3, 0.4) is 0 Å². The van der Waals surface area contributed by atoms with Crippen molar-refractivity contribution in [2.24, 2.45) is 18.1 Å². The predicted octanol–water partition coefficient (Wildman–Crippen LogP) is 4.35. The van der Waals surface area contributed by atoms with Crippen LogP contribution in [0.15, 0.2) is 28.1 Å². The first-order valence-electron chi connectivity index (χ1n) is 10.6. The van der Waals surface area contributed by atoms with Crippen LogP contribution < -0.4 is 5.69 Å². The number of carbonyl (C=O) groups excluding carboxylic acids is 2. The fraction of sp³-hybridized carbons (Fsp3) is 0.565. The van der Waals surface area contributed by atoms with Gasteiger partial charge < -0.3 is 9.47 Å². The number of hydrogen-bond donors (Lipinski definition) is 0. The second-order valence-electron chi connectivity index (χ2n) is 10.1. The van der Waals surface area contributed by atoms with E-state index in [1.165, 1.54) is 15.8 Å². The predicted molar refractivity (Wildman–Crippen MR) is 124 cm³/mol. The number of nitrogens with zero attached hydrogens (tertiary/aromatic N) is 4. The molecule has 0 radical (unpaired) electrons. The largest absolute Gasteiger partial charge is 0.443 e. The zero-order valence-corrected chi connectivity index (χ0v) is 20.4. The molecule has 0 aliphatic carbocycles. The molecule has 0 N–H and O–H groups in total. The second kappa shape index (κ2) is 9.18. The van der Waals surface area contributed by atoms with E-state index in [9.17, 15) is 14.4 Å². The van der Waals surface area contributed by atoms with Crippen LogP contribution in [0.2, 0.25) is 0 Å². The van der Waals surface area contributed by atoms with Gasteiger partial charge in [0, 0.05) is 7.05 Å². The van der Waals surface area contributed by atoms with E-state index in [4.69, 9.17) is 9.47 Å². The zero-order valence-electron chi connectivity index (χ0n) is 20.4. The van der Waals surface area contributed by atoms with E-state index >= 15 is 0 Å². The molecule has 0 atom stereocenters. The molecule has 0 aliphatic rings. The van der Waals surface area contributed by atoms with Crippen LogP contribution in [0.5, 0.6) is 0 Å². The van der Waals surface area contributed by atoms with Crippen molar-refractivity contribution in [1.29, 1.82) is 0 Å². The van der Waals surface area contributed by atoms with Crippen LogP contribution in [0.25, 0.3) is 11.0 Å². The molecule has 1 amide bonds. The van der Waals surface area contributed by atoms with Gasteiger partial charge in [-0.25, -0.2) is 14.4 Å². The smallest absolute Gasteiger partial charge is 0.430 e. The van der Waals surface area contributed by atoms with Crippen molar-refractivity contribution in [3.63, 3.8) is 0 Å². The lowest BCUT2D eigenvalue weighted by Gasteiger charge is -2.25. The van der Waals surface area contributed by atoms with Gasteiger partial charge in [0.2, 0.25) is 0 Å². The maximum Gasteiger partial charge on any atom is 0.430 e. The number of imidazole rings is 1. The van der Waals surface area contributed by atoms with Crippen LogP contribution >= 0.6 is 0 Å². The van der Waals surface area contributed by atoms with Crippen molar-refractivity contribution in [1.82, 2.24) is 14.1 Å². The first kappa shape index (κ1) is 25.2. The Morgan fingerprint density at radius 1 is 1.06 bits per heavy atom. The fourth-order valence-electron chi connectivity index (χ4n) is 2.88. The minimum atomic E-state index is -0.734. The summed E-state index contributed by atoms with van der Waals surface area (Å²) < 4.78 is 13.2. The Morgan fingerprint density at radius 2 is 1.66 bits per heavy atom. The zero-order chi connectivity index (χ0) is 24.4. The Balaban J connectivity index is 2.40. The molecule has 2 rings (SSSR count). The van der Waals surface area contributed by atoms with Gasteiger partial charge >= 0.3 is 17.9 Å². The average molecular weight is 447 g/mol. The molecule has 0 fully saturated rings. The van der Waals surface area contributed by atoms with Gasteiger partial charge in [0.05, 0.1) is 23.8 Å². The lowest BCUT2D eigenvalue weighted by atomic mass is 10.2. The maximum atomic E-state index is 12.7. The number of aryl methyl sites for hydroxylation is 1. The summed E-state index contributed by atoms with van der Waals surface area (Å²) in [5, 5.41) is 5.60. The summed E-state index contributed by atoms with van der Waals surface area (Å²) in [7, 11) is 1.58. The van der Waals surface area contributed by atoms with E-state index in [0.29, 0.717) is 23.1 Å². The first-order valence-corrected chi connectivity index (χ1v) is 10.6. The Labute approximate surface area is 188 Å². The monoisotopic (exact) mass is 446 g/mol. The highest BCUT2D eigenvalue weighted by atomic mass is 16.6. The van der Waals surface area contributed by atoms with E-state index in [0.717, 1.165) is 4.57 Å². The minimum Gasteiger partial charge on any atom is -0.443 e. The number of carbonyl (C=O) groups is 2. The number of hydrogen-bond acceptors (Lipinski definition) is 6. The number of amides is 1. The van der Waals surface area contributed by atoms with Crippen LogP contribution in [0.4, 0.5) is 9.59 Å². The van der Waals surface area contributed by atoms with Gasteiger partial charge in [-0.2, -0.15) is 14.7 Å². The van der Waals surface area contributed by atoms with E-state index in [1.54, 1.807) is 66.8 Å². The average Bonchev–Trinajstić information content (AvgIpc) is 2.86. The Hall–Kier alpha value is -3.10. The second-order valence-corrected chi connectivity index (χ2v) is 10.1. The maximum absolute atomic E-state index is 12.7. The van der Waals surface area contributed by atoms with Gasteiger partial charge in [-0.05, 0) is 65.2 Å². The van der Waals surface area contributed by atoms with E-state index < -0.39 is 29.1 Å². The van der Waals surface area contributed by atoms with Crippen molar-refractivity contribution in [3.8, 4) is 0 Å². The highest BCUT2D eigenvalue weighted by Crippen LogP contribution is 2.17. The van der Waals surface area contributed by atoms with Crippen molar-refractivity contribution < 1.29 is 19.1 Å². The Morgan fingerprint density at radius 3 is 2.19 bits per heavy atom. The van der Waals surface area contributed by atoms with Gasteiger partial charge in [0.25, 0.3) is 0 Å². The van der Waals surface area contributed by atoms with Crippen molar-refractivity contribution in [3.05, 3.63) is 34.2 Å². The van der Waals surface area contributed by atoms with E-state index in [2.05, 4.69) is 5.10 Å². The van der Waals surface area contributed by atoms with Crippen LogP contribution in [-0.4, -0.2) is 50.3 Å². The quantitative estimate of drug-likeness (QED) is 0.514. The summed E-state index contributed by atoms with van der Waals surface area (Å²) in [6.07, 6.45) is 0.260. The first-order chi connectivity index (χ1) is 14.6. The molecule has 9 heteroatoms. The lowest BCUT2D eigenvalue weighted by Crippen LogP contribution is -2.35. The molecule has 0 aliphatic heterocycles. The minimum absolute atomic E-state index is 0.186. The molecule has 32 heavy (non-hydrogen) atoms. The summed E-state index contributed by atoms with van der Waals surface area (Å²) in [4.78, 5) is 37.7. The SMILES string of the molecule is CC(C)CN(/N=C/c1ccc2c(c1)n(C)c(=O)n2C(=O)OC(C)(C)C)C(=O)OC(C)(C)C. The summed E-state index contributed by atoms with van der Waals surface area (Å²) >= 11 is 0. The number of benzene rings is 1. The molecule has 9 nitrogen and oxygen atoms in total. The number of fused-ring (bicyclic) bond motifs is 1. The van der Waals surface area contributed by atoms with Crippen molar-refractivity contribution in [2.45, 2.75) is 66.6 Å². The Kier molecular flexibility index (Phi) is 7.22. The number of ether oxygens (including phenoxy) is 2. The number of hydrazone groups is 1. The lowest BCUT2D eigenvalue weighted by molar-refractivity contribution is 0.0234. The molecule has 0 saturated heterocycles. The molecule has 1 heterocycles. The van der Waals surface area contributed by atoms with Gasteiger partial charge in [-0.3, -0.25) is 4.57 Å². The van der Waals surface area contributed by atoms with E-state index in [1.807, 2.05) is 13.8 Å². The summed E-state index contributed by atoms with van der Waals surface area (Å²) in [6, 6.07) is 5.10. The third-order valence-corrected chi connectivity index (χ3v) is 4.14.